The number of thiophene rings is 1. The van der Waals surface area contributed by atoms with Crippen molar-refractivity contribution in [1.29, 1.82) is 0 Å². The Bertz CT molecular complexity index is 641. The van der Waals surface area contributed by atoms with Crippen LogP contribution in [0.15, 0.2) is 30.2 Å². The van der Waals surface area contributed by atoms with Crippen LogP contribution in [0.1, 0.15) is 24.3 Å². The Hall–Kier alpha value is -2.48. The molecular weight excluding hydrogens is 318 g/mol. The SMILES string of the molecule is C=CCN1C(=O)C(=O)N(CC(=O)N[C@@H](CC)c2cccs2)C1=O. The largest absolute Gasteiger partial charge is 0.347 e. The van der Waals surface area contributed by atoms with Crippen LogP contribution < -0.4 is 5.32 Å². The minimum atomic E-state index is -0.990. The second-order valence-corrected chi connectivity index (χ2v) is 5.90. The third-order valence-corrected chi connectivity index (χ3v) is 4.36. The number of rotatable bonds is 7. The van der Waals surface area contributed by atoms with Crippen molar-refractivity contribution in [3.05, 3.63) is 35.0 Å². The molecule has 2 heterocycles. The van der Waals surface area contributed by atoms with Crippen molar-refractivity contribution < 1.29 is 19.2 Å². The minimum Gasteiger partial charge on any atom is -0.347 e. The smallest absolute Gasteiger partial charge is 0.335 e. The number of nitrogens with zero attached hydrogens (tertiary/aromatic N) is 2. The van der Waals surface area contributed by atoms with Crippen LogP contribution in [-0.2, 0) is 14.4 Å². The van der Waals surface area contributed by atoms with E-state index in [2.05, 4.69) is 11.9 Å². The first-order chi connectivity index (χ1) is 11.0. The van der Waals surface area contributed by atoms with E-state index in [1.807, 2.05) is 24.4 Å². The predicted molar refractivity (Wildman–Crippen MR) is 84.5 cm³/mol. The number of hydrogen-bond acceptors (Lipinski definition) is 5. The van der Waals surface area contributed by atoms with Gasteiger partial charge in [-0.25, -0.2) is 9.69 Å². The van der Waals surface area contributed by atoms with Gasteiger partial charge in [-0.15, -0.1) is 17.9 Å². The number of nitrogens with one attached hydrogen (secondary N) is 1. The van der Waals surface area contributed by atoms with Gasteiger partial charge in [0.05, 0.1) is 6.04 Å². The molecule has 7 nitrogen and oxygen atoms in total. The van der Waals surface area contributed by atoms with E-state index in [-0.39, 0.29) is 12.6 Å². The van der Waals surface area contributed by atoms with E-state index in [0.29, 0.717) is 11.3 Å². The summed E-state index contributed by atoms with van der Waals surface area (Å²) in [5.41, 5.74) is 0. The first-order valence-corrected chi connectivity index (χ1v) is 7.98. The fourth-order valence-electron chi connectivity index (χ4n) is 2.23. The molecule has 0 spiro atoms. The number of urea groups is 1. The van der Waals surface area contributed by atoms with Crippen LogP contribution in [0.5, 0.6) is 0 Å². The van der Waals surface area contributed by atoms with Crippen molar-refractivity contribution in [2.45, 2.75) is 19.4 Å². The summed E-state index contributed by atoms with van der Waals surface area (Å²) in [6, 6.07) is 2.81. The maximum absolute atomic E-state index is 12.1. The summed E-state index contributed by atoms with van der Waals surface area (Å²) >= 11 is 1.51. The van der Waals surface area contributed by atoms with Crippen LogP contribution in [-0.4, -0.2) is 46.6 Å². The number of hydrogen-bond donors (Lipinski definition) is 1. The van der Waals surface area contributed by atoms with Gasteiger partial charge in [-0.1, -0.05) is 19.1 Å². The molecule has 23 heavy (non-hydrogen) atoms. The Balaban J connectivity index is 2.02. The highest BCUT2D eigenvalue weighted by atomic mass is 32.1. The zero-order valence-corrected chi connectivity index (χ0v) is 13.5. The topological polar surface area (TPSA) is 86.8 Å². The lowest BCUT2D eigenvalue weighted by molar-refractivity contribution is -0.143. The number of imide groups is 2. The number of carbonyl (C=O) groups excluding carboxylic acids is 4. The van der Waals surface area contributed by atoms with Gasteiger partial charge in [0.15, 0.2) is 0 Å². The highest BCUT2D eigenvalue weighted by Crippen LogP contribution is 2.21. The maximum Gasteiger partial charge on any atom is 0.335 e. The van der Waals surface area contributed by atoms with Crippen LogP contribution in [0.4, 0.5) is 4.79 Å². The molecule has 1 aliphatic heterocycles. The Kier molecular flexibility index (Phi) is 5.28. The lowest BCUT2D eigenvalue weighted by Gasteiger charge is -2.18. The Labute approximate surface area is 137 Å². The minimum absolute atomic E-state index is 0.0612. The van der Waals surface area contributed by atoms with Gasteiger partial charge in [0.25, 0.3) is 0 Å². The molecule has 122 valence electrons. The standard InChI is InChI=1S/C15H17N3O4S/c1-3-7-17-13(20)14(21)18(15(17)22)9-12(19)16-10(4-2)11-6-5-8-23-11/h3,5-6,8,10H,1,4,7,9H2,2H3,(H,16,19)/t10-/m0/s1. The van der Waals surface area contributed by atoms with E-state index in [0.717, 1.165) is 9.78 Å². The van der Waals surface area contributed by atoms with Crippen LogP contribution in [0.3, 0.4) is 0 Å². The zero-order chi connectivity index (χ0) is 17.0. The predicted octanol–water partition coefficient (Wildman–Crippen LogP) is 1.29. The van der Waals surface area contributed by atoms with Crippen LogP contribution >= 0.6 is 11.3 Å². The van der Waals surface area contributed by atoms with Crippen molar-refractivity contribution in [2.24, 2.45) is 0 Å². The second-order valence-electron chi connectivity index (χ2n) is 4.92. The molecule has 1 aliphatic rings. The second kappa shape index (κ2) is 7.19. The van der Waals surface area contributed by atoms with Crippen molar-refractivity contribution in [2.75, 3.05) is 13.1 Å². The van der Waals surface area contributed by atoms with Gasteiger partial charge in [0.2, 0.25) is 5.91 Å². The number of amides is 5. The van der Waals surface area contributed by atoms with Crippen LogP contribution in [0.25, 0.3) is 0 Å². The van der Waals surface area contributed by atoms with E-state index < -0.39 is 30.3 Å². The zero-order valence-electron chi connectivity index (χ0n) is 12.7. The Morgan fingerprint density at radius 2 is 2.04 bits per heavy atom. The van der Waals surface area contributed by atoms with E-state index >= 15 is 0 Å². The Morgan fingerprint density at radius 1 is 1.35 bits per heavy atom. The average Bonchev–Trinajstić information content (AvgIpc) is 3.13. The molecule has 0 aliphatic carbocycles. The van der Waals surface area contributed by atoms with Gasteiger partial charge >= 0.3 is 17.8 Å². The summed E-state index contributed by atoms with van der Waals surface area (Å²) < 4.78 is 0. The van der Waals surface area contributed by atoms with E-state index in [1.54, 1.807) is 0 Å². The van der Waals surface area contributed by atoms with Crippen molar-refractivity contribution in [3.63, 3.8) is 0 Å². The van der Waals surface area contributed by atoms with Gasteiger partial charge in [0, 0.05) is 11.4 Å². The van der Waals surface area contributed by atoms with Gasteiger partial charge in [-0.05, 0) is 17.9 Å². The first kappa shape index (κ1) is 16.9. The van der Waals surface area contributed by atoms with Crippen molar-refractivity contribution >= 4 is 35.1 Å². The van der Waals surface area contributed by atoms with Crippen LogP contribution in [0.2, 0.25) is 0 Å². The summed E-state index contributed by atoms with van der Waals surface area (Å²) in [7, 11) is 0. The quantitative estimate of drug-likeness (QED) is 0.462. The molecule has 1 atom stereocenters. The van der Waals surface area contributed by atoms with Gasteiger partial charge < -0.3 is 5.32 Å². The fraction of sp³-hybridized carbons (Fsp3) is 0.333. The number of carbonyl (C=O) groups is 4. The summed E-state index contributed by atoms with van der Waals surface area (Å²) in [5, 5.41) is 4.68. The fourth-order valence-corrected chi connectivity index (χ4v) is 3.09. The summed E-state index contributed by atoms with van der Waals surface area (Å²) in [6.45, 7) is 4.82. The molecule has 1 aromatic rings. The summed E-state index contributed by atoms with van der Waals surface area (Å²) in [6.07, 6.45) is 2.02. The third kappa shape index (κ3) is 3.48. The average molecular weight is 335 g/mol. The summed E-state index contributed by atoms with van der Waals surface area (Å²) in [5.74, 6) is -2.41. The highest BCUT2D eigenvalue weighted by Gasteiger charge is 2.44. The molecule has 0 unspecified atom stereocenters. The maximum atomic E-state index is 12.1. The first-order valence-electron chi connectivity index (χ1n) is 7.10. The molecule has 0 radical (unpaired) electrons. The van der Waals surface area contributed by atoms with Crippen LogP contribution in [0, 0.1) is 0 Å². The Morgan fingerprint density at radius 3 is 2.61 bits per heavy atom. The van der Waals surface area contributed by atoms with E-state index in [1.165, 1.54) is 17.4 Å². The molecule has 0 bridgehead atoms. The van der Waals surface area contributed by atoms with Crippen molar-refractivity contribution in [3.8, 4) is 0 Å². The summed E-state index contributed by atoms with van der Waals surface area (Å²) in [4.78, 5) is 50.1. The normalized spacial score (nSPS) is 16.0. The van der Waals surface area contributed by atoms with Gasteiger partial charge in [-0.3, -0.25) is 19.3 Å². The highest BCUT2D eigenvalue weighted by molar-refractivity contribution is 7.10. The molecule has 1 saturated heterocycles. The lowest BCUT2D eigenvalue weighted by atomic mass is 10.2. The van der Waals surface area contributed by atoms with Gasteiger partial charge in [-0.2, -0.15) is 0 Å². The van der Waals surface area contributed by atoms with Gasteiger partial charge in [0.1, 0.15) is 6.54 Å². The molecule has 0 saturated carbocycles. The monoisotopic (exact) mass is 335 g/mol. The third-order valence-electron chi connectivity index (χ3n) is 3.38. The van der Waals surface area contributed by atoms with E-state index in [9.17, 15) is 19.2 Å². The molecule has 2 rings (SSSR count). The van der Waals surface area contributed by atoms with E-state index in [4.69, 9.17) is 0 Å². The molecular formula is C15H17N3O4S. The molecule has 8 heteroatoms. The lowest BCUT2D eigenvalue weighted by Crippen LogP contribution is -2.42. The van der Waals surface area contributed by atoms with Crippen molar-refractivity contribution in [1.82, 2.24) is 15.1 Å². The molecule has 1 fully saturated rings. The molecule has 1 aromatic heterocycles. The molecule has 1 N–H and O–H groups in total. The molecule has 0 aromatic carbocycles. The molecule has 5 amide bonds.